The lowest BCUT2D eigenvalue weighted by molar-refractivity contribution is -0.157. The van der Waals surface area contributed by atoms with Gasteiger partial charge in [0, 0.05) is 12.2 Å². The molecule has 1 saturated heterocycles. The molecule has 0 aromatic heterocycles. The summed E-state index contributed by atoms with van der Waals surface area (Å²) in [5, 5.41) is 85.8. The number of nitrogens with zero attached hydrogens (tertiary/aromatic N) is 1. The van der Waals surface area contributed by atoms with Gasteiger partial charge < -0.3 is 9.64 Å². The molecule has 0 N–H and O–H groups in total. The summed E-state index contributed by atoms with van der Waals surface area (Å²) < 4.78 is 7.25. The Morgan fingerprint density at radius 1 is 0.369 bits per heavy atom. The van der Waals surface area contributed by atoms with Crippen LogP contribution in [0.4, 0.5) is 5.69 Å². The van der Waals surface area contributed by atoms with Gasteiger partial charge in [0.15, 0.2) is 0 Å². The minimum absolute atomic E-state index is 0.0481. The number of carbonyl (C=O) groups excluding carboxylic acids is 1. The molecule has 5 aliphatic rings. The van der Waals surface area contributed by atoms with Crippen molar-refractivity contribution in [2.45, 2.75) is 95.1 Å². The van der Waals surface area contributed by atoms with Crippen LogP contribution in [-0.2, 0) is 26.8 Å². The molecule has 29 aromatic carbocycles. The molecule has 1 unspecified atom stereocenters. The van der Waals surface area contributed by atoms with Crippen molar-refractivity contribution >= 4 is 303 Å². The second kappa shape index (κ2) is 8.84. The molecule has 29 aromatic rings. The van der Waals surface area contributed by atoms with Crippen molar-refractivity contribution in [2.75, 3.05) is 11.4 Å². The van der Waals surface area contributed by atoms with Crippen LogP contribution in [0.2, 0.25) is 0 Å². The minimum atomic E-state index is -0.780. The first kappa shape index (κ1) is 35.8. The number of rotatable bonds is 9. The summed E-state index contributed by atoms with van der Waals surface area (Å²) in [6, 6.07) is 9.17. The van der Waals surface area contributed by atoms with Gasteiger partial charge in [-0.2, -0.15) is 0 Å². The van der Waals surface area contributed by atoms with E-state index in [9.17, 15) is 0 Å². The summed E-state index contributed by atoms with van der Waals surface area (Å²) in [5.41, 5.74) is 6.78. The first-order chi connectivity index (χ1) is 41.4. The number of anilines is 1. The Labute approximate surface area is 468 Å². The van der Waals surface area contributed by atoms with Gasteiger partial charge in [0.25, 0.3) is 0 Å². The predicted octanol–water partition coefficient (Wildman–Crippen LogP) is 21.4. The normalized spacial score (nSPS) is 21.9. The van der Waals surface area contributed by atoms with Crippen LogP contribution in [-0.4, -0.2) is 24.2 Å². The van der Waals surface area contributed by atoms with Crippen LogP contribution in [0.15, 0.2) is 24.3 Å². The number of hydrogen-bond acceptors (Lipinski definition) is 3. The lowest BCUT2D eigenvalue weighted by Crippen LogP contribution is -2.58. The van der Waals surface area contributed by atoms with Crippen molar-refractivity contribution in [3.8, 4) is 0 Å². The highest BCUT2D eigenvalue weighted by atomic mass is 16.6. The number of aryl methyl sites for hydroxylation is 1. The van der Waals surface area contributed by atoms with Crippen molar-refractivity contribution in [3.63, 3.8) is 0 Å². The van der Waals surface area contributed by atoms with Crippen LogP contribution < -0.4 is 4.90 Å². The summed E-state index contributed by atoms with van der Waals surface area (Å²) in [5.74, 6) is -0.0481. The van der Waals surface area contributed by atoms with Crippen molar-refractivity contribution < 1.29 is 9.53 Å². The number of esters is 1. The van der Waals surface area contributed by atoms with Crippen molar-refractivity contribution in [2.24, 2.45) is 0 Å². The van der Waals surface area contributed by atoms with E-state index in [0.717, 1.165) is 13.0 Å². The molecular weight excluding hydrogens is 1020 g/mol. The van der Waals surface area contributed by atoms with Gasteiger partial charge in [0.1, 0.15) is 11.6 Å². The average molecular weight is 1050 g/mol. The molecule has 0 bridgehead atoms. The van der Waals surface area contributed by atoms with Crippen molar-refractivity contribution in [1.82, 2.24) is 0 Å². The van der Waals surface area contributed by atoms with Crippen LogP contribution in [0.3, 0.4) is 0 Å². The molecule has 34 rings (SSSR count). The SMILES string of the molecule is CCCCCCCCc1ccc(N2CC34c5c6c7c8c9c%10c(c%11c%12c3c3c5c5c%13c6c6c7c7c9c9c%14c%10c%10c%11c%11c%12c%12c3c3c5c5c%13c%13c6c6c7c9c7c9c%14c%10c%10c%11c%11c%12c3c3c5c5c%13c6c7c6c9c%10c%11c3c56)C84C2C(=O)OC(C)(C)C)cc1. The Morgan fingerprint density at radius 2 is 0.619 bits per heavy atom. The molecule has 0 saturated carbocycles. The van der Waals surface area contributed by atoms with E-state index >= 15 is 4.79 Å². The third kappa shape index (κ3) is 2.25. The average Bonchev–Trinajstić information content (AvgIpc) is 1.38. The summed E-state index contributed by atoms with van der Waals surface area (Å²) in [6.45, 7) is 9.44. The van der Waals surface area contributed by atoms with Crippen LogP contribution in [0.1, 0.15) is 94.0 Å². The highest BCUT2D eigenvalue weighted by Gasteiger charge is 2.78. The monoisotopic (exact) mass is 1050 g/mol. The van der Waals surface area contributed by atoms with E-state index in [4.69, 9.17) is 4.74 Å². The Morgan fingerprint density at radius 3 is 0.893 bits per heavy atom. The molecule has 2 spiro atoms. The zero-order valence-electron chi connectivity index (χ0n) is 45.8. The van der Waals surface area contributed by atoms with Gasteiger partial charge in [-0.3, -0.25) is 0 Å². The smallest absolute Gasteiger partial charge is 0.330 e. The second-order valence-corrected chi connectivity index (χ2v) is 31.2. The van der Waals surface area contributed by atoms with E-state index < -0.39 is 22.5 Å². The number of hydrogen-bond donors (Lipinski definition) is 0. The van der Waals surface area contributed by atoms with Crippen LogP contribution in [0, 0.1) is 0 Å². The Hall–Kier alpha value is -9.05. The molecule has 0 radical (unpaired) electrons. The number of benzene rings is 19. The van der Waals surface area contributed by atoms with Gasteiger partial charge in [0.05, 0.1) is 10.8 Å². The molecule has 1 fully saturated rings. The summed E-state index contributed by atoms with van der Waals surface area (Å²) in [4.78, 5) is 19.9. The molecule has 0 amide bonds. The Bertz CT molecular complexity index is 7640. The maximum atomic E-state index is 17.2. The summed E-state index contributed by atoms with van der Waals surface area (Å²) in [6.07, 6.45) is 8.87. The molecule has 1 heterocycles. The lowest BCUT2D eigenvalue weighted by Gasteiger charge is -2.51. The van der Waals surface area contributed by atoms with Crippen LogP contribution in [0.5, 0.6) is 0 Å². The second-order valence-electron chi connectivity index (χ2n) is 31.2. The summed E-state index contributed by atoms with van der Waals surface area (Å²) >= 11 is 0. The van der Waals surface area contributed by atoms with E-state index in [1.807, 2.05) is 0 Å². The highest BCUT2D eigenvalue weighted by molar-refractivity contribution is 6.82. The number of carbonyl (C=O) groups is 1. The zero-order valence-corrected chi connectivity index (χ0v) is 45.8. The van der Waals surface area contributed by atoms with Crippen molar-refractivity contribution in [1.29, 1.82) is 0 Å². The molecule has 1 atom stereocenters. The van der Waals surface area contributed by atoms with E-state index in [-0.39, 0.29) is 5.97 Å². The van der Waals surface area contributed by atoms with Gasteiger partial charge in [-0.15, -0.1) is 0 Å². The fourth-order valence-corrected chi connectivity index (χ4v) is 27.7. The molecule has 3 heteroatoms. The van der Waals surface area contributed by atoms with Gasteiger partial charge >= 0.3 is 5.97 Å². The van der Waals surface area contributed by atoms with E-state index in [2.05, 4.69) is 56.9 Å². The fraction of sp³-hybridized carbons (Fsp3) is 0.198. The third-order valence-corrected chi connectivity index (χ3v) is 28.4. The Balaban J connectivity index is 0.935. The fourth-order valence-electron chi connectivity index (χ4n) is 27.7. The lowest BCUT2D eigenvalue weighted by atomic mass is 9.48. The van der Waals surface area contributed by atoms with Gasteiger partial charge in [-0.1, -0.05) is 51.2 Å². The third-order valence-electron chi connectivity index (χ3n) is 28.4. The molecular formula is C81H33NO2. The highest BCUT2D eigenvalue weighted by Crippen LogP contribution is 2.86. The molecule has 84 heavy (non-hydrogen) atoms. The van der Waals surface area contributed by atoms with Crippen LogP contribution >= 0.6 is 0 Å². The van der Waals surface area contributed by atoms with Gasteiger partial charge in [0.2, 0.25) is 0 Å². The zero-order chi connectivity index (χ0) is 52.1. The van der Waals surface area contributed by atoms with E-state index in [1.165, 1.54) is 82.4 Å². The first-order valence-corrected chi connectivity index (χ1v) is 32.2. The van der Waals surface area contributed by atoms with Crippen molar-refractivity contribution in [3.05, 3.63) is 52.1 Å². The predicted molar refractivity (Wildman–Crippen MR) is 354 cm³/mol. The quantitative estimate of drug-likeness (QED) is 0.0820. The maximum absolute atomic E-state index is 17.2. The molecule has 4 aliphatic carbocycles. The topological polar surface area (TPSA) is 29.5 Å². The molecule has 1 aliphatic heterocycles. The molecule has 374 valence electrons. The van der Waals surface area contributed by atoms with E-state index in [1.54, 1.807) is 280 Å². The number of unbranched alkanes of at least 4 members (excludes halogenated alkanes) is 5. The van der Waals surface area contributed by atoms with E-state index in [0.29, 0.717) is 0 Å². The van der Waals surface area contributed by atoms with Crippen LogP contribution in [0.25, 0.3) is 291 Å². The first-order valence-electron chi connectivity index (χ1n) is 32.2. The Kier molecular flexibility index (Phi) is 3.77. The van der Waals surface area contributed by atoms with Gasteiger partial charge in [-0.25, -0.2) is 4.79 Å². The molecule has 3 nitrogen and oxygen atoms in total. The van der Waals surface area contributed by atoms with Gasteiger partial charge in [-0.05, 0) is 364 Å². The largest absolute Gasteiger partial charge is 0.458 e. The summed E-state index contributed by atoms with van der Waals surface area (Å²) in [7, 11) is 0. The standard InChI is InChI=1S/C81H33NO2/c1-5-6-7-8-9-10-11-17-12-14-18(15-13-17)82-16-80-73-65-57-47-37-29-21-19-20-23-27-25(21)33-41-35(27)45-39-31(23)32-24(20)28-26-22(19)30(29)38-44-34(26)42-36(28)46-40(32)50-49(39)61-55(45)63-53(41)59(51(57)43(33)37)67(73)69(63)75-71(61)72-62(50)56(46)64-54(42)60-52(44)58(48(38)47)66(65)74(80)68(60)70(64)76(72)81(75,80)77(82)78(83)84-79(2,3)4/h12-15,77H,5-11,16H2,1-4H3. The minimum Gasteiger partial charge on any atom is -0.458 e. The number of ether oxygens (including phenoxy) is 1. The maximum Gasteiger partial charge on any atom is 0.330 e.